The van der Waals surface area contributed by atoms with Gasteiger partial charge in [-0.3, -0.25) is 0 Å². The van der Waals surface area contributed by atoms with Crippen molar-refractivity contribution in [3.05, 3.63) is 35.4 Å². The van der Waals surface area contributed by atoms with Crippen LogP contribution in [0, 0.1) is 0 Å². The molecule has 0 amide bonds. The molecule has 82 valence electrons. The van der Waals surface area contributed by atoms with Gasteiger partial charge in [-0.15, -0.1) is 0 Å². The van der Waals surface area contributed by atoms with Crippen LogP contribution in [0.15, 0.2) is 24.3 Å². The Morgan fingerprint density at radius 1 is 1.40 bits per heavy atom. The molecule has 0 aliphatic carbocycles. The SMILES string of the molecule is O=S(=O)(Cl)Cc1cccc(C2CSC2)c1. The summed E-state index contributed by atoms with van der Waals surface area (Å²) in [7, 11) is 1.77. The molecule has 2 nitrogen and oxygen atoms in total. The maximum absolute atomic E-state index is 10.9. The van der Waals surface area contributed by atoms with Crippen molar-refractivity contribution in [3.63, 3.8) is 0 Å². The lowest BCUT2D eigenvalue weighted by atomic mass is 10.0. The topological polar surface area (TPSA) is 34.1 Å². The van der Waals surface area contributed by atoms with Gasteiger partial charge in [0.1, 0.15) is 0 Å². The first-order chi connectivity index (χ1) is 7.04. The van der Waals surface area contributed by atoms with Gasteiger partial charge < -0.3 is 0 Å². The van der Waals surface area contributed by atoms with Crippen molar-refractivity contribution >= 4 is 31.5 Å². The summed E-state index contributed by atoms with van der Waals surface area (Å²) < 4.78 is 21.9. The van der Waals surface area contributed by atoms with Gasteiger partial charge in [-0.2, -0.15) is 11.8 Å². The second-order valence-electron chi connectivity index (χ2n) is 3.66. The highest BCUT2D eigenvalue weighted by Gasteiger charge is 2.20. The maximum Gasteiger partial charge on any atom is 0.236 e. The third-order valence-electron chi connectivity index (χ3n) is 2.40. The molecule has 0 unspecified atom stereocenters. The summed E-state index contributed by atoms with van der Waals surface area (Å²) in [4.78, 5) is 0. The third kappa shape index (κ3) is 3.13. The van der Waals surface area contributed by atoms with E-state index < -0.39 is 9.05 Å². The number of thioether (sulfide) groups is 1. The van der Waals surface area contributed by atoms with Crippen LogP contribution in [0.25, 0.3) is 0 Å². The van der Waals surface area contributed by atoms with Crippen LogP contribution in [0.4, 0.5) is 0 Å². The molecule has 1 aromatic carbocycles. The van der Waals surface area contributed by atoms with Crippen LogP contribution in [-0.2, 0) is 14.8 Å². The Bertz CT molecular complexity index is 452. The van der Waals surface area contributed by atoms with Gasteiger partial charge in [0.2, 0.25) is 9.05 Å². The van der Waals surface area contributed by atoms with Gasteiger partial charge in [-0.25, -0.2) is 8.42 Å². The van der Waals surface area contributed by atoms with Gasteiger partial charge in [-0.05, 0) is 11.1 Å². The van der Waals surface area contributed by atoms with E-state index in [2.05, 4.69) is 6.07 Å². The van der Waals surface area contributed by atoms with E-state index in [1.807, 2.05) is 23.9 Å². The molecule has 1 heterocycles. The largest absolute Gasteiger partial charge is 0.236 e. The van der Waals surface area contributed by atoms with E-state index in [4.69, 9.17) is 10.7 Å². The molecule has 1 aliphatic heterocycles. The second kappa shape index (κ2) is 4.36. The fourth-order valence-corrected chi connectivity index (χ4v) is 3.38. The summed E-state index contributed by atoms with van der Waals surface area (Å²) in [6.45, 7) is 0. The Hall–Kier alpha value is -0.190. The summed E-state index contributed by atoms with van der Waals surface area (Å²) >= 11 is 1.91. The molecular formula is C10H11ClO2S2. The number of halogens is 1. The van der Waals surface area contributed by atoms with E-state index in [1.165, 1.54) is 5.56 Å². The molecular weight excluding hydrogens is 252 g/mol. The van der Waals surface area contributed by atoms with Crippen LogP contribution < -0.4 is 0 Å². The molecule has 5 heteroatoms. The molecule has 0 aromatic heterocycles. The van der Waals surface area contributed by atoms with Crippen LogP contribution >= 0.6 is 22.4 Å². The van der Waals surface area contributed by atoms with E-state index >= 15 is 0 Å². The first-order valence-corrected chi connectivity index (χ1v) is 8.27. The third-order valence-corrected chi connectivity index (χ3v) is 4.68. The quantitative estimate of drug-likeness (QED) is 0.786. The molecule has 0 saturated carbocycles. The van der Waals surface area contributed by atoms with Crippen molar-refractivity contribution < 1.29 is 8.42 Å². The zero-order valence-corrected chi connectivity index (χ0v) is 10.4. The molecule has 1 aliphatic rings. The minimum absolute atomic E-state index is 0.0811. The van der Waals surface area contributed by atoms with Crippen LogP contribution in [-0.4, -0.2) is 19.9 Å². The Morgan fingerprint density at radius 2 is 2.13 bits per heavy atom. The van der Waals surface area contributed by atoms with Crippen molar-refractivity contribution in [2.75, 3.05) is 11.5 Å². The standard InChI is InChI=1S/C10H11ClO2S2/c11-15(12,13)7-8-2-1-3-9(4-8)10-5-14-6-10/h1-4,10H,5-7H2. The van der Waals surface area contributed by atoms with Gasteiger partial charge in [-0.1, -0.05) is 24.3 Å². The molecule has 2 rings (SSSR count). The summed E-state index contributed by atoms with van der Waals surface area (Å²) in [5.41, 5.74) is 2.01. The normalized spacial score (nSPS) is 17.4. The fourth-order valence-electron chi connectivity index (χ4n) is 1.56. The zero-order chi connectivity index (χ0) is 10.9. The van der Waals surface area contributed by atoms with E-state index in [1.54, 1.807) is 6.07 Å². The van der Waals surface area contributed by atoms with Gasteiger partial charge in [0, 0.05) is 28.1 Å². The van der Waals surface area contributed by atoms with E-state index in [-0.39, 0.29) is 5.75 Å². The van der Waals surface area contributed by atoms with Crippen molar-refractivity contribution in [1.82, 2.24) is 0 Å². The highest BCUT2D eigenvalue weighted by Crippen LogP contribution is 2.34. The molecule has 0 N–H and O–H groups in total. The molecule has 1 saturated heterocycles. The minimum atomic E-state index is -3.44. The summed E-state index contributed by atoms with van der Waals surface area (Å²) in [6.07, 6.45) is 0. The minimum Gasteiger partial charge on any atom is -0.212 e. The average molecular weight is 263 g/mol. The van der Waals surface area contributed by atoms with Crippen LogP contribution in [0.5, 0.6) is 0 Å². The zero-order valence-electron chi connectivity index (χ0n) is 8.02. The smallest absolute Gasteiger partial charge is 0.212 e. The second-order valence-corrected chi connectivity index (χ2v) is 7.51. The van der Waals surface area contributed by atoms with Gasteiger partial charge in [0.15, 0.2) is 0 Å². The highest BCUT2D eigenvalue weighted by molar-refractivity contribution is 8.13. The Balaban J connectivity index is 2.18. The Morgan fingerprint density at radius 3 is 2.67 bits per heavy atom. The molecule has 0 radical (unpaired) electrons. The predicted octanol–water partition coefficient (Wildman–Crippen LogP) is 2.59. The number of hydrogen-bond donors (Lipinski definition) is 0. The monoisotopic (exact) mass is 262 g/mol. The first-order valence-electron chi connectivity index (χ1n) is 4.63. The maximum atomic E-state index is 10.9. The molecule has 15 heavy (non-hydrogen) atoms. The lowest BCUT2D eigenvalue weighted by Gasteiger charge is -2.25. The number of rotatable bonds is 3. The van der Waals surface area contributed by atoms with E-state index in [0.29, 0.717) is 5.92 Å². The lowest BCUT2D eigenvalue weighted by Crippen LogP contribution is -2.15. The first kappa shape index (κ1) is 11.3. The highest BCUT2D eigenvalue weighted by atomic mass is 35.7. The lowest BCUT2D eigenvalue weighted by molar-refractivity contribution is 0.609. The summed E-state index contributed by atoms with van der Waals surface area (Å²) in [5.74, 6) is 2.78. The fraction of sp³-hybridized carbons (Fsp3) is 0.400. The van der Waals surface area contributed by atoms with Crippen LogP contribution in [0.2, 0.25) is 0 Å². The Labute approximate surface area is 98.4 Å². The van der Waals surface area contributed by atoms with Crippen molar-refractivity contribution in [2.24, 2.45) is 0 Å². The molecule has 0 bridgehead atoms. The van der Waals surface area contributed by atoms with Crippen molar-refractivity contribution in [2.45, 2.75) is 11.7 Å². The number of hydrogen-bond acceptors (Lipinski definition) is 3. The van der Waals surface area contributed by atoms with Crippen molar-refractivity contribution in [3.8, 4) is 0 Å². The summed E-state index contributed by atoms with van der Waals surface area (Å²) in [5, 5.41) is 0. The van der Waals surface area contributed by atoms with Gasteiger partial charge >= 0.3 is 0 Å². The molecule has 1 fully saturated rings. The Kier molecular flexibility index (Phi) is 3.28. The molecule has 0 spiro atoms. The summed E-state index contributed by atoms with van der Waals surface area (Å²) in [6, 6.07) is 7.70. The van der Waals surface area contributed by atoms with Crippen LogP contribution in [0.1, 0.15) is 17.0 Å². The van der Waals surface area contributed by atoms with Gasteiger partial charge in [0.05, 0.1) is 5.75 Å². The van der Waals surface area contributed by atoms with E-state index in [0.717, 1.165) is 17.1 Å². The van der Waals surface area contributed by atoms with Crippen LogP contribution in [0.3, 0.4) is 0 Å². The van der Waals surface area contributed by atoms with Gasteiger partial charge in [0.25, 0.3) is 0 Å². The van der Waals surface area contributed by atoms with E-state index in [9.17, 15) is 8.42 Å². The predicted molar refractivity (Wildman–Crippen MR) is 65.0 cm³/mol. The average Bonchev–Trinajstić information content (AvgIpc) is 1.97. The molecule has 1 aromatic rings. The molecule has 0 atom stereocenters. The number of benzene rings is 1. The van der Waals surface area contributed by atoms with Crippen molar-refractivity contribution in [1.29, 1.82) is 0 Å².